The van der Waals surface area contributed by atoms with Crippen LogP contribution in [0.4, 0.5) is 0 Å². The highest BCUT2D eigenvalue weighted by Gasteiger charge is 2.46. The van der Waals surface area contributed by atoms with Gasteiger partial charge < -0.3 is 23.9 Å². The second-order valence-corrected chi connectivity index (χ2v) is 8.35. The minimum Gasteiger partial charge on any atom is -0.507 e. The fourth-order valence-electron chi connectivity index (χ4n) is 4.10. The first-order valence-corrected chi connectivity index (χ1v) is 11.7. The van der Waals surface area contributed by atoms with Crippen molar-refractivity contribution in [1.82, 2.24) is 4.90 Å². The van der Waals surface area contributed by atoms with E-state index in [-0.39, 0.29) is 17.9 Å². The molecule has 1 aromatic heterocycles. The minimum atomic E-state index is -0.897. The molecule has 1 unspecified atom stereocenters. The fraction of sp³-hybridized carbons (Fsp3) is 0.250. The molecule has 8 heteroatoms. The first kappa shape index (κ1) is 24.8. The van der Waals surface area contributed by atoms with Crippen molar-refractivity contribution in [2.45, 2.75) is 32.4 Å². The van der Waals surface area contributed by atoms with Gasteiger partial charge in [-0.15, -0.1) is 0 Å². The van der Waals surface area contributed by atoms with Gasteiger partial charge in [0, 0.05) is 5.56 Å². The van der Waals surface area contributed by atoms with Crippen LogP contribution >= 0.6 is 0 Å². The van der Waals surface area contributed by atoms with E-state index >= 15 is 0 Å². The third-order valence-corrected chi connectivity index (χ3v) is 5.97. The lowest BCUT2D eigenvalue weighted by Crippen LogP contribution is -2.29. The molecule has 2 aromatic carbocycles. The number of unbranched alkanes of at least 4 members (excludes halogenated alkanes) is 1. The summed E-state index contributed by atoms with van der Waals surface area (Å²) in [6.07, 6.45) is 3.35. The van der Waals surface area contributed by atoms with Crippen molar-refractivity contribution in [2.24, 2.45) is 0 Å². The Morgan fingerprint density at radius 3 is 2.50 bits per heavy atom. The maximum Gasteiger partial charge on any atom is 0.337 e. The first-order chi connectivity index (χ1) is 17.4. The number of furan rings is 1. The number of ether oxygens (including phenoxy) is 2. The van der Waals surface area contributed by atoms with E-state index in [4.69, 9.17) is 13.9 Å². The lowest BCUT2D eigenvalue weighted by Gasteiger charge is -2.24. The molecule has 1 aliphatic rings. The summed E-state index contributed by atoms with van der Waals surface area (Å²) in [4.78, 5) is 39.6. The van der Waals surface area contributed by atoms with Gasteiger partial charge in [-0.1, -0.05) is 37.6 Å². The predicted octanol–water partition coefficient (Wildman–Crippen LogP) is 4.87. The van der Waals surface area contributed by atoms with E-state index in [0.29, 0.717) is 34.8 Å². The lowest BCUT2D eigenvalue weighted by atomic mass is 9.94. The van der Waals surface area contributed by atoms with Gasteiger partial charge in [-0.05, 0) is 48.4 Å². The summed E-state index contributed by atoms with van der Waals surface area (Å²) in [5.74, 6) is -1.34. The number of esters is 1. The van der Waals surface area contributed by atoms with Crippen LogP contribution in [0, 0.1) is 0 Å². The normalized spacial score (nSPS) is 16.8. The SMILES string of the molecule is CCCCOc1cccc(/C(O)=C2\C(=O)C(=O)N(Cc3ccco3)C2c2ccc(C(=O)OC)cc2)c1. The molecular weight excluding hydrogens is 462 g/mol. The molecule has 0 saturated carbocycles. The number of methoxy groups -OCH3 is 1. The highest BCUT2D eigenvalue weighted by atomic mass is 16.5. The number of hydrogen-bond donors (Lipinski definition) is 1. The number of hydrogen-bond acceptors (Lipinski definition) is 7. The number of benzene rings is 2. The standard InChI is InChI=1S/C28H27NO7/c1-3-4-14-35-21-8-5-7-20(16-21)25(30)23-24(18-10-12-19(13-11-18)28(33)34-2)29(27(32)26(23)31)17-22-9-6-15-36-22/h5-13,15-16,24,30H,3-4,14,17H2,1-2H3/b25-23+. The average Bonchev–Trinajstić information content (AvgIpc) is 3.51. The summed E-state index contributed by atoms with van der Waals surface area (Å²) >= 11 is 0. The van der Waals surface area contributed by atoms with E-state index in [2.05, 4.69) is 6.92 Å². The van der Waals surface area contributed by atoms with Crippen molar-refractivity contribution in [1.29, 1.82) is 0 Å². The van der Waals surface area contributed by atoms with Gasteiger partial charge in [0.2, 0.25) is 0 Å². The van der Waals surface area contributed by atoms with Crippen LogP contribution in [0.15, 0.2) is 76.9 Å². The number of aliphatic hydroxyl groups excluding tert-OH is 1. The maximum absolute atomic E-state index is 13.2. The van der Waals surface area contributed by atoms with Crippen LogP contribution in [0.1, 0.15) is 53.1 Å². The van der Waals surface area contributed by atoms with Crippen molar-refractivity contribution in [2.75, 3.05) is 13.7 Å². The second kappa shape index (κ2) is 10.9. The number of nitrogens with zero attached hydrogens (tertiary/aromatic N) is 1. The van der Waals surface area contributed by atoms with Gasteiger partial charge >= 0.3 is 5.97 Å². The van der Waals surface area contributed by atoms with Gasteiger partial charge in [-0.2, -0.15) is 0 Å². The van der Waals surface area contributed by atoms with Gasteiger partial charge in [0.05, 0.1) is 43.7 Å². The van der Waals surface area contributed by atoms with E-state index < -0.39 is 23.7 Å². The third kappa shape index (κ3) is 5.02. The molecule has 8 nitrogen and oxygen atoms in total. The molecule has 3 aromatic rings. The Labute approximate surface area is 208 Å². The zero-order chi connectivity index (χ0) is 25.7. The molecule has 1 aliphatic heterocycles. The minimum absolute atomic E-state index is 0.0257. The monoisotopic (exact) mass is 489 g/mol. The molecule has 1 fully saturated rings. The van der Waals surface area contributed by atoms with E-state index in [1.54, 1.807) is 60.7 Å². The molecule has 2 heterocycles. The van der Waals surface area contributed by atoms with Crippen LogP contribution < -0.4 is 4.74 Å². The molecule has 36 heavy (non-hydrogen) atoms. The van der Waals surface area contributed by atoms with E-state index in [1.165, 1.54) is 18.3 Å². The molecule has 0 spiro atoms. The second-order valence-electron chi connectivity index (χ2n) is 8.35. The Morgan fingerprint density at radius 2 is 1.83 bits per heavy atom. The van der Waals surface area contributed by atoms with Crippen LogP contribution in [0.3, 0.4) is 0 Å². The molecule has 0 radical (unpaired) electrons. The van der Waals surface area contributed by atoms with Gasteiger partial charge in [-0.25, -0.2) is 4.79 Å². The number of carbonyl (C=O) groups is 3. The van der Waals surface area contributed by atoms with Crippen molar-refractivity contribution in [3.8, 4) is 5.75 Å². The van der Waals surface area contributed by atoms with Crippen molar-refractivity contribution in [3.05, 3.63) is 95.0 Å². The fourth-order valence-corrected chi connectivity index (χ4v) is 4.10. The largest absolute Gasteiger partial charge is 0.507 e. The van der Waals surface area contributed by atoms with Crippen LogP contribution in [-0.4, -0.2) is 41.4 Å². The van der Waals surface area contributed by atoms with Gasteiger partial charge in [0.1, 0.15) is 17.3 Å². The van der Waals surface area contributed by atoms with Crippen molar-refractivity contribution in [3.63, 3.8) is 0 Å². The quantitative estimate of drug-likeness (QED) is 0.150. The number of carbonyl (C=O) groups excluding carboxylic acids is 3. The highest BCUT2D eigenvalue weighted by molar-refractivity contribution is 6.46. The number of amides is 1. The van der Waals surface area contributed by atoms with Crippen LogP contribution in [-0.2, 0) is 20.9 Å². The number of rotatable bonds is 9. The number of Topliss-reactive ketones (excluding diaryl/α,β-unsaturated/α-hetero) is 1. The molecule has 0 bridgehead atoms. The highest BCUT2D eigenvalue weighted by Crippen LogP contribution is 2.40. The molecule has 186 valence electrons. The maximum atomic E-state index is 13.2. The Kier molecular flexibility index (Phi) is 7.53. The zero-order valence-corrected chi connectivity index (χ0v) is 20.1. The number of likely N-dealkylation sites (tertiary alicyclic amines) is 1. The molecule has 1 atom stereocenters. The van der Waals surface area contributed by atoms with Gasteiger partial charge in [-0.3, -0.25) is 9.59 Å². The van der Waals surface area contributed by atoms with Crippen molar-refractivity contribution >= 4 is 23.4 Å². The molecule has 4 rings (SSSR count). The predicted molar refractivity (Wildman–Crippen MR) is 131 cm³/mol. The number of ketones is 1. The summed E-state index contributed by atoms with van der Waals surface area (Å²) in [6, 6.07) is 15.6. The van der Waals surface area contributed by atoms with Gasteiger partial charge in [0.15, 0.2) is 0 Å². The Hall–Kier alpha value is -4.33. The van der Waals surface area contributed by atoms with E-state index in [9.17, 15) is 19.5 Å². The number of aliphatic hydroxyl groups is 1. The Morgan fingerprint density at radius 1 is 1.06 bits per heavy atom. The smallest absolute Gasteiger partial charge is 0.337 e. The van der Waals surface area contributed by atoms with E-state index in [1.807, 2.05) is 0 Å². The summed E-state index contributed by atoms with van der Waals surface area (Å²) in [5, 5.41) is 11.3. The van der Waals surface area contributed by atoms with Crippen LogP contribution in [0.5, 0.6) is 5.75 Å². The zero-order valence-electron chi connectivity index (χ0n) is 20.1. The molecule has 1 N–H and O–H groups in total. The van der Waals surface area contributed by atoms with Crippen LogP contribution in [0.2, 0.25) is 0 Å². The van der Waals surface area contributed by atoms with Crippen LogP contribution in [0.25, 0.3) is 5.76 Å². The summed E-state index contributed by atoms with van der Waals surface area (Å²) in [5.41, 5.74) is 1.17. The molecule has 1 amide bonds. The Bertz CT molecular complexity index is 1280. The van der Waals surface area contributed by atoms with Crippen molar-refractivity contribution < 1.29 is 33.4 Å². The molecule has 0 aliphatic carbocycles. The third-order valence-electron chi connectivity index (χ3n) is 5.97. The van der Waals surface area contributed by atoms with Gasteiger partial charge in [0.25, 0.3) is 11.7 Å². The summed E-state index contributed by atoms with van der Waals surface area (Å²) in [7, 11) is 1.29. The molecule has 1 saturated heterocycles. The average molecular weight is 490 g/mol. The summed E-state index contributed by atoms with van der Waals surface area (Å²) < 4.78 is 15.9. The summed E-state index contributed by atoms with van der Waals surface area (Å²) in [6.45, 7) is 2.61. The Balaban J connectivity index is 1.78. The van der Waals surface area contributed by atoms with E-state index in [0.717, 1.165) is 12.8 Å². The first-order valence-electron chi connectivity index (χ1n) is 11.7. The lowest BCUT2D eigenvalue weighted by molar-refractivity contribution is -0.140. The topological polar surface area (TPSA) is 106 Å². The molecular formula is C28H27NO7.